The number of rotatable bonds is 5. The Morgan fingerprint density at radius 3 is 2.55 bits per heavy atom. The molecule has 0 radical (unpaired) electrons. The Labute approximate surface area is 130 Å². The van der Waals surface area contributed by atoms with E-state index in [1.54, 1.807) is 14.2 Å². The lowest BCUT2D eigenvalue weighted by atomic mass is 9.87. The molecule has 0 amide bonds. The van der Waals surface area contributed by atoms with Gasteiger partial charge in [-0.1, -0.05) is 0 Å². The summed E-state index contributed by atoms with van der Waals surface area (Å²) in [5.41, 5.74) is 2.37. The molecule has 114 valence electrons. The monoisotopic (exact) mass is 321 g/mol. The molecule has 4 nitrogen and oxygen atoms in total. The van der Waals surface area contributed by atoms with E-state index in [4.69, 9.17) is 21.1 Å². The molecule has 2 unspecified atom stereocenters. The van der Waals surface area contributed by atoms with Gasteiger partial charge in [0.1, 0.15) is 0 Å². The molecule has 0 aliphatic carbocycles. The number of methoxy groups -OCH3 is 2. The van der Waals surface area contributed by atoms with Crippen LogP contribution in [0.4, 0.5) is 0 Å². The Kier molecular flexibility index (Phi) is 6.89. The number of aliphatic hydroxyl groups is 1. The molecule has 0 bridgehead atoms. The summed E-state index contributed by atoms with van der Waals surface area (Å²) < 4.78 is 10.7. The van der Waals surface area contributed by atoms with Gasteiger partial charge in [0.15, 0.2) is 11.5 Å². The van der Waals surface area contributed by atoms with Gasteiger partial charge in [-0.15, -0.1) is 24.0 Å². The summed E-state index contributed by atoms with van der Waals surface area (Å²) in [5.74, 6) is 1.87. The molecule has 2 atom stereocenters. The van der Waals surface area contributed by atoms with Crippen LogP contribution in [0.3, 0.4) is 0 Å². The molecule has 6 heteroatoms. The van der Waals surface area contributed by atoms with Crippen LogP contribution >= 0.6 is 24.0 Å². The lowest BCUT2D eigenvalue weighted by Crippen LogP contribution is -2.37. The average molecular weight is 322 g/mol. The molecule has 20 heavy (non-hydrogen) atoms. The first-order valence-electron chi connectivity index (χ1n) is 6.40. The van der Waals surface area contributed by atoms with Crippen molar-refractivity contribution in [3.05, 3.63) is 23.3 Å². The van der Waals surface area contributed by atoms with Gasteiger partial charge in [0.05, 0.1) is 14.2 Å². The zero-order valence-corrected chi connectivity index (χ0v) is 13.3. The average Bonchev–Trinajstić information content (AvgIpc) is 2.47. The topological polar surface area (TPSA) is 50.7 Å². The number of halogens is 2. The predicted molar refractivity (Wildman–Crippen MR) is 82.5 cm³/mol. The third kappa shape index (κ3) is 3.31. The maximum atomic E-state index is 9.45. The molecule has 2 rings (SSSR count). The Balaban J connectivity index is 0.00000200. The van der Waals surface area contributed by atoms with Crippen molar-refractivity contribution in [2.75, 3.05) is 33.3 Å². The van der Waals surface area contributed by atoms with E-state index in [1.165, 1.54) is 5.56 Å². The smallest absolute Gasteiger partial charge is 0.161 e. The molecular weight excluding hydrogens is 301 g/mol. The van der Waals surface area contributed by atoms with E-state index in [0.717, 1.165) is 24.3 Å². The lowest BCUT2D eigenvalue weighted by molar-refractivity contribution is 0.201. The van der Waals surface area contributed by atoms with E-state index in [9.17, 15) is 5.11 Å². The van der Waals surface area contributed by atoms with Gasteiger partial charge in [0.2, 0.25) is 0 Å². The SMILES string of the molecule is COc1cc2c(cc1OC)C(C(CO)CCl)NCC2.Cl. The van der Waals surface area contributed by atoms with Crippen molar-refractivity contribution in [3.8, 4) is 11.5 Å². The minimum atomic E-state index is -0.00109. The second kappa shape index (κ2) is 7.93. The third-order valence-electron chi connectivity index (χ3n) is 3.64. The molecule has 0 saturated heterocycles. The first-order chi connectivity index (χ1) is 9.24. The molecular formula is C14H21Cl2NO3. The molecule has 1 aliphatic heterocycles. The van der Waals surface area contributed by atoms with Gasteiger partial charge >= 0.3 is 0 Å². The summed E-state index contributed by atoms with van der Waals surface area (Å²) in [6, 6.07) is 4.07. The molecule has 2 N–H and O–H groups in total. The first-order valence-corrected chi connectivity index (χ1v) is 6.93. The fraction of sp³-hybridized carbons (Fsp3) is 0.571. The van der Waals surface area contributed by atoms with Crippen molar-refractivity contribution in [2.45, 2.75) is 12.5 Å². The molecule has 1 heterocycles. The number of hydrogen-bond donors (Lipinski definition) is 2. The minimum Gasteiger partial charge on any atom is -0.493 e. The second-order valence-corrected chi connectivity index (χ2v) is 4.99. The highest BCUT2D eigenvalue weighted by molar-refractivity contribution is 6.18. The van der Waals surface area contributed by atoms with E-state index in [-0.39, 0.29) is 31.0 Å². The van der Waals surface area contributed by atoms with Gasteiger partial charge in [-0.3, -0.25) is 0 Å². The summed E-state index contributed by atoms with van der Waals surface area (Å²) in [6.07, 6.45) is 0.937. The molecule has 1 aliphatic rings. The second-order valence-electron chi connectivity index (χ2n) is 4.68. The normalized spacial score (nSPS) is 18.7. The highest BCUT2D eigenvalue weighted by Gasteiger charge is 2.28. The predicted octanol–water partition coefficient (Wildman–Crippen LogP) is 2.16. The Hall–Kier alpha value is -0.680. The van der Waals surface area contributed by atoms with Crippen molar-refractivity contribution in [1.82, 2.24) is 5.32 Å². The standard InChI is InChI=1S/C14H20ClNO3.ClH/c1-18-12-5-9-3-4-16-14(10(7-15)8-17)11(9)6-13(12)19-2;/h5-6,10,14,16-17H,3-4,7-8H2,1-2H3;1H. The van der Waals surface area contributed by atoms with E-state index in [1.807, 2.05) is 12.1 Å². The number of nitrogens with one attached hydrogen (secondary N) is 1. The van der Waals surface area contributed by atoms with Crippen molar-refractivity contribution in [1.29, 1.82) is 0 Å². The Bertz CT molecular complexity index is 439. The van der Waals surface area contributed by atoms with Gasteiger partial charge in [-0.05, 0) is 36.2 Å². The summed E-state index contributed by atoms with van der Waals surface area (Å²) in [4.78, 5) is 0. The van der Waals surface area contributed by atoms with Crippen molar-refractivity contribution in [3.63, 3.8) is 0 Å². The molecule has 0 spiro atoms. The van der Waals surface area contributed by atoms with Crippen molar-refractivity contribution < 1.29 is 14.6 Å². The van der Waals surface area contributed by atoms with Crippen LogP contribution in [0, 0.1) is 5.92 Å². The zero-order chi connectivity index (χ0) is 13.8. The number of benzene rings is 1. The van der Waals surface area contributed by atoms with Crippen LogP contribution in [0.2, 0.25) is 0 Å². The quantitative estimate of drug-likeness (QED) is 0.816. The summed E-state index contributed by atoms with van der Waals surface area (Å²) >= 11 is 5.94. The maximum Gasteiger partial charge on any atom is 0.161 e. The van der Waals surface area contributed by atoms with Crippen molar-refractivity contribution in [2.24, 2.45) is 5.92 Å². The fourth-order valence-corrected chi connectivity index (χ4v) is 2.85. The van der Waals surface area contributed by atoms with E-state index in [2.05, 4.69) is 5.32 Å². The Morgan fingerprint density at radius 1 is 1.35 bits per heavy atom. The van der Waals surface area contributed by atoms with Gasteiger partial charge in [-0.2, -0.15) is 0 Å². The first kappa shape index (κ1) is 17.4. The summed E-state index contributed by atoms with van der Waals surface area (Å²) in [7, 11) is 3.26. The van der Waals surface area contributed by atoms with Crippen LogP contribution in [-0.2, 0) is 6.42 Å². The van der Waals surface area contributed by atoms with Crippen LogP contribution in [0.1, 0.15) is 17.2 Å². The maximum absolute atomic E-state index is 9.45. The van der Waals surface area contributed by atoms with Crippen LogP contribution in [-0.4, -0.2) is 38.4 Å². The fourth-order valence-electron chi connectivity index (χ4n) is 2.58. The highest BCUT2D eigenvalue weighted by atomic mass is 35.5. The lowest BCUT2D eigenvalue weighted by Gasteiger charge is -2.32. The zero-order valence-electron chi connectivity index (χ0n) is 11.7. The van der Waals surface area contributed by atoms with Crippen LogP contribution in [0.25, 0.3) is 0 Å². The molecule has 1 aromatic rings. The number of aliphatic hydroxyl groups excluding tert-OH is 1. The van der Waals surface area contributed by atoms with E-state index < -0.39 is 0 Å². The third-order valence-corrected chi connectivity index (χ3v) is 4.04. The van der Waals surface area contributed by atoms with Crippen LogP contribution in [0.5, 0.6) is 11.5 Å². The van der Waals surface area contributed by atoms with Crippen LogP contribution < -0.4 is 14.8 Å². The largest absolute Gasteiger partial charge is 0.493 e. The highest BCUT2D eigenvalue weighted by Crippen LogP contribution is 2.37. The molecule has 0 saturated carbocycles. The molecule has 0 fully saturated rings. The minimum absolute atomic E-state index is 0. The van der Waals surface area contributed by atoms with Crippen molar-refractivity contribution >= 4 is 24.0 Å². The number of fused-ring (bicyclic) bond motifs is 1. The summed E-state index contributed by atoms with van der Waals surface area (Å²) in [5, 5.41) is 12.9. The van der Waals surface area contributed by atoms with E-state index in [0.29, 0.717) is 11.6 Å². The molecule has 0 aromatic heterocycles. The number of alkyl halides is 1. The summed E-state index contributed by atoms with van der Waals surface area (Å²) in [6.45, 7) is 0.940. The van der Waals surface area contributed by atoms with Gasteiger partial charge in [0, 0.05) is 24.4 Å². The number of ether oxygens (including phenoxy) is 2. The number of hydrogen-bond acceptors (Lipinski definition) is 4. The van der Waals surface area contributed by atoms with Crippen LogP contribution in [0.15, 0.2) is 12.1 Å². The van der Waals surface area contributed by atoms with Gasteiger partial charge < -0.3 is 19.9 Å². The Morgan fingerprint density at radius 2 is 2.00 bits per heavy atom. The van der Waals surface area contributed by atoms with E-state index >= 15 is 0 Å². The molecule has 1 aromatic carbocycles. The van der Waals surface area contributed by atoms with Gasteiger partial charge in [-0.25, -0.2) is 0 Å². The van der Waals surface area contributed by atoms with Gasteiger partial charge in [0.25, 0.3) is 0 Å².